The highest BCUT2D eigenvalue weighted by atomic mass is 35.5. The summed E-state index contributed by atoms with van der Waals surface area (Å²) in [6, 6.07) is 19.1. The zero-order chi connectivity index (χ0) is 19.4. The lowest BCUT2D eigenvalue weighted by molar-refractivity contribution is -0.131. The van der Waals surface area contributed by atoms with Crippen molar-refractivity contribution < 1.29 is 4.79 Å². The van der Waals surface area contributed by atoms with Gasteiger partial charge < -0.3 is 4.90 Å². The predicted octanol–water partition coefficient (Wildman–Crippen LogP) is 4.81. The van der Waals surface area contributed by atoms with Crippen LogP contribution in [0.4, 0.5) is 0 Å². The number of nitrogens with zero attached hydrogens (tertiary/aromatic N) is 2. The molecule has 1 aliphatic rings. The van der Waals surface area contributed by atoms with Crippen LogP contribution in [0.1, 0.15) is 37.8 Å². The number of carbonyl (C=O) groups is 1. The Balaban J connectivity index is 1.78. The first-order valence-electron chi connectivity index (χ1n) is 9.73. The van der Waals surface area contributed by atoms with Crippen LogP contribution in [0.2, 0.25) is 5.02 Å². The zero-order valence-electron chi connectivity index (χ0n) is 16.4. The summed E-state index contributed by atoms with van der Waals surface area (Å²) in [6.45, 7) is 9.61. The summed E-state index contributed by atoms with van der Waals surface area (Å²) in [5, 5.41) is 0.772. The first-order valence-corrected chi connectivity index (χ1v) is 10.1. The maximum absolute atomic E-state index is 12.1. The van der Waals surface area contributed by atoms with Crippen molar-refractivity contribution >= 4 is 17.5 Å². The van der Waals surface area contributed by atoms with Gasteiger partial charge in [-0.05, 0) is 43.0 Å². The van der Waals surface area contributed by atoms with E-state index in [4.69, 9.17) is 11.6 Å². The molecule has 1 saturated heterocycles. The van der Waals surface area contributed by atoms with Crippen LogP contribution in [0.5, 0.6) is 0 Å². The first-order chi connectivity index (χ1) is 12.9. The molecule has 2 atom stereocenters. The highest BCUT2D eigenvalue weighted by molar-refractivity contribution is 6.30. The Morgan fingerprint density at radius 1 is 1.11 bits per heavy atom. The van der Waals surface area contributed by atoms with Crippen LogP contribution in [0.15, 0.2) is 54.6 Å². The van der Waals surface area contributed by atoms with Crippen molar-refractivity contribution in [3.63, 3.8) is 0 Å². The number of likely N-dealkylation sites (tertiary alicyclic amines) is 1. The van der Waals surface area contributed by atoms with E-state index in [1.165, 1.54) is 11.1 Å². The molecule has 0 bridgehead atoms. The second-order valence-electron chi connectivity index (χ2n) is 7.86. The van der Waals surface area contributed by atoms with E-state index in [1.807, 2.05) is 17.0 Å². The molecular formula is C23H29ClN2O. The molecule has 1 amide bonds. The van der Waals surface area contributed by atoms with Gasteiger partial charge in [0.2, 0.25) is 5.91 Å². The largest absolute Gasteiger partial charge is 0.340 e. The molecule has 0 unspecified atom stereocenters. The summed E-state index contributed by atoms with van der Waals surface area (Å²) in [4.78, 5) is 16.6. The number of benzene rings is 2. The summed E-state index contributed by atoms with van der Waals surface area (Å²) in [5.41, 5.74) is 2.65. The summed E-state index contributed by atoms with van der Waals surface area (Å²) >= 11 is 6.02. The second kappa shape index (κ2) is 8.90. The third-order valence-electron chi connectivity index (χ3n) is 5.52. The average Bonchev–Trinajstić information content (AvgIpc) is 3.04. The van der Waals surface area contributed by atoms with Crippen molar-refractivity contribution in [3.05, 3.63) is 70.7 Å². The molecule has 1 fully saturated rings. The van der Waals surface area contributed by atoms with Gasteiger partial charge >= 0.3 is 0 Å². The van der Waals surface area contributed by atoms with Gasteiger partial charge in [0.15, 0.2) is 0 Å². The molecule has 3 rings (SSSR count). The molecule has 27 heavy (non-hydrogen) atoms. The van der Waals surface area contributed by atoms with E-state index < -0.39 is 0 Å². The maximum atomic E-state index is 12.1. The molecule has 2 aromatic rings. The highest BCUT2D eigenvalue weighted by Gasteiger charge is 2.35. The van der Waals surface area contributed by atoms with Gasteiger partial charge in [-0.2, -0.15) is 0 Å². The topological polar surface area (TPSA) is 23.6 Å². The van der Waals surface area contributed by atoms with E-state index in [1.54, 1.807) is 6.92 Å². The average molecular weight is 385 g/mol. The Hall–Kier alpha value is -1.84. The smallest absolute Gasteiger partial charge is 0.219 e. The molecule has 4 heteroatoms. The van der Waals surface area contributed by atoms with Crippen molar-refractivity contribution in [2.24, 2.45) is 5.92 Å². The van der Waals surface area contributed by atoms with E-state index in [2.05, 4.69) is 61.2 Å². The van der Waals surface area contributed by atoms with Gasteiger partial charge in [-0.15, -0.1) is 0 Å². The first kappa shape index (κ1) is 19.9. The molecular weight excluding hydrogens is 356 g/mol. The fourth-order valence-electron chi connectivity index (χ4n) is 4.16. The van der Waals surface area contributed by atoms with Crippen molar-refractivity contribution in [3.8, 4) is 0 Å². The third-order valence-corrected chi connectivity index (χ3v) is 5.77. The molecule has 0 radical (unpaired) electrons. The molecule has 1 heterocycles. The number of amides is 1. The van der Waals surface area contributed by atoms with Crippen molar-refractivity contribution in [2.45, 2.75) is 39.3 Å². The number of carbonyl (C=O) groups excluding carboxylic acids is 1. The van der Waals surface area contributed by atoms with Gasteiger partial charge in [0.05, 0.1) is 0 Å². The maximum Gasteiger partial charge on any atom is 0.219 e. The Bertz CT molecular complexity index is 745. The van der Waals surface area contributed by atoms with Crippen LogP contribution in [0, 0.1) is 5.92 Å². The van der Waals surface area contributed by atoms with Gasteiger partial charge in [-0.25, -0.2) is 0 Å². The summed E-state index contributed by atoms with van der Waals surface area (Å²) in [7, 11) is 0. The monoisotopic (exact) mass is 384 g/mol. The molecule has 0 aromatic heterocycles. The summed E-state index contributed by atoms with van der Waals surface area (Å²) in [5.74, 6) is 1.04. The number of rotatable bonds is 6. The van der Waals surface area contributed by atoms with Gasteiger partial charge in [0.1, 0.15) is 0 Å². The second-order valence-corrected chi connectivity index (χ2v) is 8.30. The Kier molecular flexibility index (Phi) is 6.56. The Labute approximate surface area is 167 Å². The lowest BCUT2D eigenvalue weighted by Crippen LogP contribution is -2.40. The quantitative estimate of drug-likeness (QED) is 0.713. The van der Waals surface area contributed by atoms with Gasteiger partial charge in [-0.3, -0.25) is 9.69 Å². The molecule has 0 aliphatic carbocycles. The predicted molar refractivity (Wildman–Crippen MR) is 112 cm³/mol. The zero-order valence-corrected chi connectivity index (χ0v) is 17.2. The Morgan fingerprint density at radius 3 is 2.37 bits per heavy atom. The third kappa shape index (κ3) is 5.12. The van der Waals surface area contributed by atoms with Crippen LogP contribution in [0.3, 0.4) is 0 Å². The fourth-order valence-corrected chi connectivity index (χ4v) is 4.28. The van der Waals surface area contributed by atoms with E-state index in [9.17, 15) is 4.79 Å². The van der Waals surface area contributed by atoms with E-state index >= 15 is 0 Å². The number of hydrogen-bond donors (Lipinski definition) is 0. The van der Waals surface area contributed by atoms with Crippen LogP contribution >= 0.6 is 11.6 Å². The molecule has 0 spiro atoms. The van der Waals surface area contributed by atoms with Crippen molar-refractivity contribution in [1.82, 2.24) is 9.80 Å². The SMILES string of the molecule is CC(=O)N(C[C@@H]1CN(Cc2ccc(Cl)cc2)C[C@@H]1c1ccccc1)C(C)C. The van der Waals surface area contributed by atoms with Gasteiger partial charge in [0, 0.05) is 50.1 Å². The molecule has 3 nitrogen and oxygen atoms in total. The molecule has 0 saturated carbocycles. The molecule has 2 aromatic carbocycles. The minimum atomic E-state index is 0.160. The van der Waals surface area contributed by atoms with Crippen LogP contribution in [-0.2, 0) is 11.3 Å². The standard InChI is InChI=1S/C23H29ClN2O/c1-17(2)26(18(3)27)15-21-14-25(13-19-9-11-22(24)12-10-19)16-23(21)20-7-5-4-6-8-20/h4-12,17,21,23H,13-16H2,1-3H3/t21-,23+/m0/s1. The van der Waals surface area contributed by atoms with Crippen LogP contribution in [0.25, 0.3) is 0 Å². The normalized spacial score (nSPS) is 20.2. The number of halogens is 1. The van der Waals surface area contributed by atoms with Crippen molar-refractivity contribution in [1.29, 1.82) is 0 Å². The molecule has 144 valence electrons. The number of hydrogen-bond acceptors (Lipinski definition) is 2. The minimum Gasteiger partial charge on any atom is -0.340 e. The highest BCUT2D eigenvalue weighted by Crippen LogP contribution is 2.34. The van der Waals surface area contributed by atoms with Crippen LogP contribution < -0.4 is 0 Å². The summed E-state index contributed by atoms with van der Waals surface area (Å²) < 4.78 is 0. The van der Waals surface area contributed by atoms with Gasteiger partial charge in [0.25, 0.3) is 0 Å². The lowest BCUT2D eigenvalue weighted by Gasteiger charge is -2.30. The van der Waals surface area contributed by atoms with Gasteiger partial charge in [-0.1, -0.05) is 54.1 Å². The fraction of sp³-hybridized carbons (Fsp3) is 0.435. The van der Waals surface area contributed by atoms with E-state index in [0.29, 0.717) is 11.8 Å². The van der Waals surface area contributed by atoms with Crippen LogP contribution in [-0.4, -0.2) is 41.4 Å². The molecule has 0 N–H and O–H groups in total. The summed E-state index contributed by atoms with van der Waals surface area (Å²) in [6.07, 6.45) is 0. The molecule has 1 aliphatic heterocycles. The minimum absolute atomic E-state index is 0.160. The van der Waals surface area contributed by atoms with Crippen molar-refractivity contribution in [2.75, 3.05) is 19.6 Å². The van der Waals surface area contributed by atoms with E-state index in [0.717, 1.165) is 31.2 Å². The Morgan fingerprint density at radius 2 is 1.78 bits per heavy atom. The van der Waals surface area contributed by atoms with E-state index in [-0.39, 0.29) is 11.9 Å². The lowest BCUT2D eigenvalue weighted by atomic mass is 9.88.